The molecule has 8 nitrogen and oxygen atoms in total. The van der Waals surface area contributed by atoms with E-state index in [2.05, 4.69) is 147 Å². The van der Waals surface area contributed by atoms with Crippen molar-refractivity contribution < 1.29 is 28.4 Å². The normalized spacial score (nSPS) is 13.4. The summed E-state index contributed by atoms with van der Waals surface area (Å²) in [6, 6.07) is 6.04. The average Bonchev–Trinajstić information content (AvgIpc) is 3.38. The summed E-state index contributed by atoms with van der Waals surface area (Å²) in [4.78, 5) is 2.44. The SMILES string of the molecule is COc1ccc(CNCCN(C/C=C(\C)CC/C=C(\C)CC/C=C(\C)CC/C=C(\C)CC/C=C(\C)CC/C=C(\C)CC/C=C(\C)CC/C=C(\C)CCC=C(C)C)Cc2c(C)c(OC)c(OC)c(OC)c2OC)cc1OC. The number of benzene rings is 2. The monoisotopic (exact) mass is 1050 g/mol. The molecule has 424 valence electrons. The first kappa shape index (κ1) is 66.9. The number of nitrogens with zero attached hydrogens (tertiary/aromatic N) is 1. The zero-order valence-corrected chi connectivity index (χ0v) is 51.2. The van der Waals surface area contributed by atoms with E-state index in [-0.39, 0.29) is 0 Å². The van der Waals surface area contributed by atoms with E-state index in [0.29, 0.717) is 36.1 Å². The van der Waals surface area contributed by atoms with E-state index < -0.39 is 0 Å². The van der Waals surface area contributed by atoms with Crippen molar-refractivity contribution in [1.82, 2.24) is 10.2 Å². The van der Waals surface area contributed by atoms with Gasteiger partial charge in [-0.3, -0.25) is 4.90 Å². The van der Waals surface area contributed by atoms with Crippen LogP contribution in [0.2, 0.25) is 0 Å². The second-order valence-electron chi connectivity index (χ2n) is 21.3. The Morgan fingerprint density at radius 1 is 0.421 bits per heavy atom. The molecule has 0 saturated carbocycles. The minimum Gasteiger partial charge on any atom is -0.493 e. The number of ether oxygens (including phenoxy) is 6. The minimum absolute atomic E-state index is 0.532. The fraction of sp³-hybridized carbons (Fsp3) is 0.559. The molecule has 2 rings (SSSR count). The topological polar surface area (TPSA) is 70.7 Å². The van der Waals surface area contributed by atoms with Gasteiger partial charge in [0.25, 0.3) is 0 Å². The summed E-state index contributed by atoms with van der Waals surface area (Å²) < 4.78 is 34.4. The van der Waals surface area contributed by atoms with Crippen LogP contribution in [0.1, 0.15) is 189 Å². The van der Waals surface area contributed by atoms with Gasteiger partial charge in [-0.25, -0.2) is 0 Å². The molecule has 1 N–H and O–H groups in total. The Morgan fingerprint density at radius 2 is 0.776 bits per heavy atom. The van der Waals surface area contributed by atoms with Crippen molar-refractivity contribution in [3.63, 3.8) is 0 Å². The van der Waals surface area contributed by atoms with Gasteiger partial charge in [-0.1, -0.05) is 111 Å². The van der Waals surface area contributed by atoms with Gasteiger partial charge in [-0.2, -0.15) is 0 Å². The quantitative estimate of drug-likeness (QED) is 0.0525. The van der Waals surface area contributed by atoms with Crippen molar-refractivity contribution in [2.75, 3.05) is 62.3 Å². The van der Waals surface area contributed by atoms with Crippen LogP contribution in [0, 0.1) is 6.92 Å². The zero-order valence-electron chi connectivity index (χ0n) is 51.2. The lowest BCUT2D eigenvalue weighted by Gasteiger charge is -2.26. The Balaban J connectivity index is 1.84. The molecule has 2 aromatic rings. The predicted octanol–water partition coefficient (Wildman–Crippen LogP) is 18.4. The molecule has 76 heavy (non-hydrogen) atoms. The van der Waals surface area contributed by atoms with Crippen molar-refractivity contribution in [2.24, 2.45) is 0 Å². The van der Waals surface area contributed by atoms with Crippen LogP contribution in [-0.4, -0.2) is 67.2 Å². The Morgan fingerprint density at radius 3 is 1.13 bits per heavy atom. The fourth-order valence-corrected chi connectivity index (χ4v) is 9.28. The van der Waals surface area contributed by atoms with Gasteiger partial charge in [0, 0.05) is 43.9 Å². The number of nitrogens with one attached hydrogen (secondary N) is 1. The van der Waals surface area contributed by atoms with E-state index in [9.17, 15) is 0 Å². The molecule has 2 aromatic carbocycles. The van der Waals surface area contributed by atoms with E-state index in [1.54, 1.807) is 42.7 Å². The number of hydrogen-bond donors (Lipinski definition) is 1. The highest BCUT2D eigenvalue weighted by Gasteiger charge is 2.26. The molecule has 0 amide bonds. The fourth-order valence-electron chi connectivity index (χ4n) is 9.28. The molecular weight excluding hydrogens is 941 g/mol. The van der Waals surface area contributed by atoms with Crippen LogP contribution < -0.4 is 33.7 Å². The van der Waals surface area contributed by atoms with Gasteiger partial charge in [0.2, 0.25) is 11.5 Å². The third kappa shape index (κ3) is 27.2. The third-order valence-electron chi connectivity index (χ3n) is 14.3. The molecule has 0 unspecified atom stereocenters. The molecule has 0 aliphatic heterocycles. The van der Waals surface area contributed by atoms with E-state index >= 15 is 0 Å². The molecule has 0 saturated heterocycles. The van der Waals surface area contributed by atoms with Gasteiger partial charge < -0.3 is 33.7 Å². The summed E-state index contributed by atoms with van der Waals surface area (Å²) in [7, 11) is 9.92. The highest BCUT2D eigenvalue weighted by Crippen LogP contribution is 2.49. The molecule has 0 fully saturated rings. The molecule has 0 atom stereocenters. The number of allylic oxidation sites excluding steroid dienone is 17. The third-order valence-corrected chi connectivity index (χ3v) is 14.3. The van der Waals surface area contributed by atoms with E-state index in [1.165, 1.54) is 63.0 Å². The molecular formula is C68H106N2O6. The molecule has 0 aromatic heterocycles. The van der Waals surface area contributed by atoms with Crippen LogP contribution in [0.4, 0.5) is 0 Å². The van der Waals surface area contributed by atoms with E-state index in [4.69, 9.17) is 28.4 Å². The molecule has 0 aliphatic rings. The maximum atomic E-state index is 5.98. The summed E-state index contributed by atoms with van der Waals surface area (Å²) in [5.41, 5.74) is 16.4. The lowest BCUT2D eigenvalue weighted by atomic mass is 10.0. The molecule has 0 bridgehead atoms. The van der Waals surface area contributed by atoms with E-state index in [1.807, 2.05) is 12.1 Å². The first-order valence-electron chi connectivity index (χ1n) is 28.4. The largest absolute Gasteiger partial charge is 0.493 e. The summed E-state index contributed by atoms with van der Waals surface area (Å²) in [5.74, 6) is 3.83. The second kappa shape index (κ2) is 39.2. The predicted molar refractivity (Wildman–Crippen MR) is 327 cm³/mol. The van der Waals surface area contributed by atoms with Gasteiger partial charge in [0.15, 0.2) is 23.0 Å². The van der Waals surface area contributed by atoms with Gasteiger partial charge in [-0.15, -0.1) is 0 Å². The lowest BCUT2D eigenvalue weighted by molar-refractivity contribution is 0.273. The standard InChI is InChI=1S/C68H106N2O6/c1-51(2)26-18-27-52(3)28-19-29-53(4)30-20-31-54(5)32-21-33-55(6)34-22-35-56(7)36-23-37-57(8)38-24-39-58(9)40-25-41-59(10)44-46-70(47-45-69-49-61-42-43-63(71-12)64(48-61)72-13)50-62-60(11)65(73-14)67(75-16)68(76-17)66(62)74-15/h26,28,30,32,34,36,38,40,42-44,48,69H,18-25,27,29,31,33,35,37,39,41,45-47,49-50H2,1-17H3/b52-28+,53-30+,54-32+,55-34+,56-36+,57-38+,58-40+,59-44+. The maximum Gasteiger partial charge on any atom is 0.207 e. The van der Waals surface area contributed by atoms with Crippen molar-refractivity contribution in [3.8, 4) is 34.5 Å². The van der Waals surface area contributed by atoms with Crippen LogP contribution in [0.3, 0.4) is 0 Å². The first-order chi connectivity index (χ1) is 36.5. The Labute approximate surface area is 465 Å². The minimum atomic E-state index is 0.532. The lowest BCUT2D eigenvalue weighted by Crippen LogP contribution is -2.32. The van der Waals surface area contributed by atoms with Gasteiger partial charge in [-0.05, 0) is 197 Å². The zero-order chi connectivity index (χ0) is 56.3. The number of hydrogen-bond acceptors (Lipinski definition) is 8. The molecule has 0 spiro atoms. The summed E-state index contributed by atoms with van der Waals surface area (Å²) >= 11 is 0. The summed E-state index contributed by atoms with van der Waals surface area (Å²) in [6.45, 7) is 28.4. The second-order valence-corrected chi connectivity index (χ2v) is 21.3. The average molecular weight is 1050 g/mol. The Hall–Kier alpha value is -5.18. The van der Waals surface area contributed by atoms with Crippen LogP contribution >= 0.6 is 0 Å². The smallest absolute Gasteiger partial charge is 0.207 e. The van der Waals surface area contributed by atoms with Crippen molar-refractivity contribution in [3.05, 3.63) is 140 Å². The molecule has 0 heterocycles. The number of rotatable bonds is 39. The maximum absolute atomic E-state index is 5.98. The summed E-state index contributed by atoms with van der Waals surface area (Å²) in [6.07, 6.45) is 39.9. The van der Waals surface area contributed by atoms with Crippen molar-refractivity contribution in [2.45, 2.75) is 192 Å². The van der Waals surface area contributed by atoms with Gasteiger partial charge >= 0.3 is 0 Å². The van der Waals surface area contributed by atoms with Crippen LogP contribution in [-0.2, 0) is 13.1 Å². The number of methoxy groups -OCH3 is 6. The highest BCUT2D eigenvalue weighted by molar-refractivity contribution is 5.67. The van der Waals surface area contributed by atoms with Crippen molar-refractivity contribution >= 4 is 0 Å². The van der Waals surface area contributed by atoms with Crippen molar-refractivity contribution in [1.29, 1.82) is 0 Å². The van der Waals surface area contributed by atoms with Gasteiger partial charge in [0.05, 0.1) is 42.7 Å². The van der Waals surface area contributed by atoms with Crippen LogP contribution in [0.15, 0.2) is 123 Å². The highest BCUT2D eigenvalue weighted by atomic mass is 16.5. The molecule has 8 heteroatoms. The van der Waals surface area contributed by atoms with Crippen LogP contribution in [0.5, 0.6) is 34.5 Å². The molecule has 0 aliphatic carbocycles. The van der Waals surface area contributed by atoms with E-state index in [0.717, 1.165) is 138 Å². The summed E-state index contributed by atoms with van der Waals surface area (Å²) in [5, 5.41) is 3.64. The van der Waals surface area contributed by atoms with Crippen LogP contribution in [0.25, 0.3) is 0 Å². The van der Waals surface area contributed by atoms with Gasteiger partial charge in [0.1, 0.15) is 0 Å². The Kier molecular flexibility index (Phi) is 34.5. The molecule has 0 radical (unpaired) electrons. The first-order valence-corrected chi connectivity index (χ1v) is 28.4. The Bertz CT molecular complexity index is 2310.